The number of carbonyl (C=O) groups is 1. The highest BCUT2D eigenvalue weighted by Gasteiger charge is 2.39. The number of carbonyl (C=O) groups excluding carboxylic acids is 1. The van der Waals surface area contributed by atoms with Crippen LogP contribution in [0.2, 0.25) is 0 Å². The number of nitrogens with one attached hydrogen (secondary N) is 2. The number of H-pyrrole nitrogens is 1. The largest absolute Gasteiger partial charge is 0.389 e. The third-order valence-electron chi connectivity index (χ3n) is 3.93. The van der Waals surface area contributed by atoms with E-state index in [-0.39, 0.29) is 36.9 Å². The molecule has 4 atom stereocenters. The van der Waals surface area contributed by atoms with Gasteiger partial charge in [-0.15, -0.1) is 0 Å². The van der Waals surface area contributed by atoms with E-state index in [1.165, 1.54) is 20.2 Å². The molecule has 1 unspecified atom stereocenters. The Morgan fingerprint density at radius 1 is 1.50 bits per heavy atom. The molecular weight excluding hydrogens is 416 g/mol. The number of amides is 1. The topological polar surface area (TPSA) is 129 Å². The van der Waals surface area contributed by atoms with Gasteiger partial charge in [0, 0.05) is 25.2 Å². The van der Waals surface area contributed by atoms with E-state index in [9.17, 15) is 23.3 Å². The predicted octanol–water partition coefficient (Wildman–Crippen LogP) is 1.11. The Hall–Kier alpha value is -1.46. The Morgan fingerprint density at radius 2 is 2.21 bits per heavy atom. The lowest BCUT2D eigenvalue weighted by Crippen LogP contribution is -2.33. The van der Waals surface area contributed by atoms with Gasteiger partial charge in [-0.3, -0.25) is 23.7 Å². The van der Waals surface area contributed by atoms with Crippen LogP contribution in [-0.4, -0.2) is 53.7 Å². The molecule has 1 amide bonds. The first-order valence-corrected chi connectivity index (χ1v) is 11.7. The van der Waals surface area contributed by atoms with E-state index < -0.39 is 36.6 Å². The van der Waals surface area contributed by atoms with Crippen LogP contribution in [0.25, 0.3) is 0 Å². The molecule has 13 heteroatoms. The number of rotatable bonds is 9. The molecular formula is C15H23FN3O7PS. The van der Waals surface area contributed by atoms with Crippen molar-refractivity contribution in [1.82, 2.24) is 14.9 Å². The quantitative estimate of drug-likeness (QED) is 0.548. The molecule has 2 heterocycles. The Kier molecular flexibility index (Phi) is 8.02. The zero-order chi connectivity index (χ0) is 20.9. The van der Waals surface area contributed by atoms with Crippen molar-refractivity contribution >= 4 is 24.1 Å². The van der Waals surface area contributed by atoms with Gasteiger partial charge in [0.15, 0.2) is 0 Å². The van der Waals surface area contributed by atoms with Crippen LogP contribution in [0.3, 0.4) is 0 Å². The lowest BCUT2D eigenvalue weighted by atomic mass is 10.2. The van der Waals surface area contributed by atoms with Crippen LogP contribution in [0.4, 0.5) is 4.39 Å². The van der Waals surface area contributed by atoms with E-state index >= 15 is 0 Å². The van der Waals surface area contributed by atoms with Crippen molar-refractivity contribution < 1.29 is 27.5 Å². The minimum Gasteiger partial charge on any atom is -0.358 e. The lowest BCUT2D eigenvalue weighted by molar-refractivity contribution is -0.118. The summed E-state index contributed by atoms with van der Waals surface area (Å²) in [5, 5.41) is 2.39. The normalized spacial score (nSPS) is 24.1. The van der Waals surface area contributed by atoms with Crippen molar-refractivity contribution in [1.29, 1.82) is 0 Å². The van der Waals surface area contributed by atoms with Gasteiger partial charge in [0.1, 0.15) is 18.5 Å². The molecule has 0 saturated carbocycles. The molecule has 0 aromatic carbocycles. The molecule has 1 aromatic rings. The second kappa shape index (κ2) is 9.84. The number of aromatic amines is 1. The average molecular weight is 439 g/mol. The molecule has 0 radical (unpaired) electrons. The number of alkyl halides is 1. The zero-order valence-electron chi connectivity index (χ0n) is 15.7. The Balaban J connectivity index is 2.03. The van der Waals surface area contributed by atoms with Crippen molar-refractivity contribution in [2.24, 2.45) is 0 Å². The average Bonchev–Trinajstić information content (AvgIpc) is 3.02. The van der Waals surface area contributed by atoms with Crippen molar-refractivity contribution in [3.05, 3.63) is 32.6 Å². The molecule has 158 valence electrons. The molecule has 0 aliphatic carbocycles. The van der Waals surface area contributed by atoms with Gasteiger partial charge < -0.3 is 14.6 Å². The Labute approximate surface area is 164 Å². The molecule has 1 aliphatic heterocycles. The summed E-state index contributed by atoms with van der Waals surface area (Å²) < 4.78 is 44.1. The number of nitrogens with zero attached hydrogens (tertiary/aromatic N) is 1. The molecule has 2 rings (SSSR count). The lowest BCUT2D eigenvalue weighted by Gasteiger charge is -2.20. The summed E-state index contributed by atoms with van der Waals surface area (Å²) in [6, 6.07) is 0. The van der Waals surface area contributed by atoms with Gasteiger partial charge in [0.05, 0.1) is 19.0 Å². The van der Waals surface area contributed by atoms with Crippen LogP contribution in [0.1, 0.15) is 25.1 Å². The third kappa shape index (κ3) is 5.77. The summed E-state index contributed by atoms with van der Waals surface area (Å²) in [5.41, 5.74) is -0.957. The van der Waals surface area contributed by atoms with Gasteiger partial charge in [0.25, 0.3) is 5.56 Å². The van der Waals surface area contributed by atoms with Gasteiger partial charge >= 0.3 is 12.5 Å². The maximum atomic E-state index is 14.4. The van der Waals surface area contributed by atoms with Crippen LogP contribution in [0.5, 0.6) is 0 Å². The second-order valence-corrected chi connectivity index (χ2v) is 10.0. The summed E-state index contributed by atoms with van der Waals surface area (Å²) in [6.45, 7) is -0.864. The third-order valence-corrected chi connectivity index (χ3v) is 7.65. The van der Waals surface area contributed by atoms with E-state index in [1.54, 1.807) is 6.92 Å². The van der Waals surface area contributed by atoms with E-state index in [0.29, 0.717) is 11.4 Å². The molecule has 28 heavy (non-hydrogen) atoms. The van der Waals surface area contributed by atoms with E-state index in [2.05, 4.69) is 10.3 Å². The minimum atomic E-state index is -3.69. The Bertz CT molecular complexity index is 861. The van der Waals surface area contributed by atoms with Crippen LogP contribution in [0.15, 0.2) is 15.8 Å². The zero-order valence-corrected chi connectivity index (χ0v) is 17.4. The van der Waals surface area contributed by atoms with E-state index in [0.717, 1.165) is 4.57 Å². The van der Waals surface area contributed by atoms with Gasteiger partial charge in [-0.25, -0.2) is 13.8 Å². The van der Waals surface area contributed by atoms with E-state index in [1.807, 2.05) is 0 Å². The van der Waals surface area contributed by atoms with Crippen molar-refractivity contribution in [3.63, 3.8) is 0 Å². The van der Waals surface area contributed by atoms with Crippen molar-refractivity contribution in [2.45, 2.75) is 38.8 Å². The summed E-state index contributed by atoms with van der Waals surface area (Å²) >= 11 is 0.695. The molecule has 2 N–H and O–H groups in total. The molecule has 10 nitrogen and oxygen atoms in total. The number of ether oxygens (including phenoxy) is 1. The molecule has 0 bridgehead atoms. The van der Waals surface area contributed by atoms with Gasteiger partial charge in [-0.1, -0.05) is 0 Å². The smallest absolute Gasteiger partial charge is 0.358 e. The van der Waals surface area contributed by atoms with Crippen LogP contribution in [0, 0.1) is 6.92 Å². The Morgan fingerprint density at radius 3 is 2.86 bits per heavy atom. The molecule has 1 fully saturated rings. The summed E-state index contributed by atoms with van der Waals surface area (Å²) in [5.74, 6) is -0.505. The molecule has 0 spiro atoms. The standard InChI is InChI=1S/C15H23FN3O7PS/c1-4-24-27(23,28-8-12(20)17-3)25-7-11-10(16)5-13(26-11)19-6-9(2)14(21)18-15(19)22/h6,10-11,13H,4-5,7-8H2,1-3H3,(H,17,20)(H,18,21,22)/t10-,11+,13+,27?/m0/s1. The fraction of sp³-hybridized carbons (Fsp3) is 0.667. The fourth-order valence-corrected chi connectivity index (χ4v) is 5.52. The summed E-state index contributed by atoms with van der Waals surface area (Å²) in [6.07, 6.45) is -2.34. The first-order valence-electron chi connectivity index (χ1n) is 8.55. The monoisotopic (exact) mass is 439 g/mol. The number of hydrogen-bond acceptors (Lipinski definition) is 8. The van der Waals surface area contributed by atoms with Gasteiger partial charge in [-0.2, -0.15) is 0 Å². The van der Waals surface area contributed by atoms with Gasteiger partial charge in [0.2, 0.25) is 5.91 Å². The highest BCUT2D eigenvalue weighted by atomic mass is 32.7. The van der Waals surface area contributed by atoms with Crippen molar-refractivity contribution in [2.75, 3.05) is 26.0 Å². The molecule has 1 saturated heterocycles. The van der Waals surface area contributed by atoms with Crippen LogP contribution < -0.4 is 16.6 Å². The first kappa shape index (κ1) is 22.8. The highest BCUT2D eigenvalue weighted by Crippen LogP contribution is 2.60. The molecule has 1 aliphatic rings. The van der Waals surface area contributed by atoms with Crippen molar-refractivity contribution in [3.8, 4) is 0 Å². The maximum Gasteiger partial charge on any atom is 0.389 e. The predicted molar refractivity (Wildman–Crippen MR) is 101 cm³/mol. The number of hydrogen-bond donors (Lipinski definition) is 2. The van der Waals surface area contributed by atoms with Crippen LogP contribution in [-0.2, 0) is 23.1 Å². The number of halogens is 1. The fourth-order valence-electron chi connectivity index (χ4n) is 2.45. The second-order valence-electron chi connectivity index (χ2n) is 5.97. The van der Waals surface area contributed by atoms with Crippen LogP contribution >= 0.6 is 18.2 Å². The summed E-state index contributed by atoms with van der Waals surface area (Å²) in [7, 11) is 1.44. The highest BCUT2D eigenvalue weighted by molar-refractivity contribution is 8.55. The maximum absolute atomic E-state index is 14.4. The first-order chi connectivity index (χ1) is 13.2. The summed E-state index contributed by atoms with van der Waals surface area (Å²) in [4.78, 5) is 36.9. The van der Waals surface area contributed by atoms with E-state index in [4.69, 9.17) is 13.8 Å². The molecule has 1 aromatic heterocycles. The SMILES string of the molecule is CCOP(=O)(OC[C@H]1O[C@@H](n2cc(C)c(=O)[nH]c2=O)C[C@@H]1F)SCC(=O)NC. The number of aryl methyl sites for hydroxylation is 1. The number of aromatic nitrogens is 2. The van der Waals surface area contributed by atoms with Gasteiger partial charge in [-0.05, 0) is 25.2 Å². The minimum absolute atomic E-state index is 0.0806.